The molecule has 2 heterocycles. The minimum Gasteiger partial charge on any atom is -0.507 e. The van der Waals surface area contributed by atoms with E-state index in [-0.39, 0.29) is 27.9 Å². The van der Waals surface area contributed by atoms with E-state index in [2.05, 4.69) is 34.2 Å². The first-order valence-electron chi connectivity index (χ1n) is 11.0. The summed E-state index contributed by atoms with van der Waals surface area (Å²) in [5.41, 5.74) is 3.13. The molecule has 36 heavy (non-hydrogen) atoms. The zero-order valence-electron chi connectivity index (χ0n) is 19.9. The van der Waals surface area contributed by atoms with Crippen LogP contribution in [-0.4, -0.2) is 34.4 Å². The quantitative estimate of drug-likeness (QED) is 0.0965. The number of ether oxygens (including phenoxy) is 1. The van der Waals surface area contributed by atoms with Gasteiger partial charge in [0.15, 0.2) is 5.13 Å². The molecule has 0 aliphatic carbocycles. The number of thiazole rings is 1. The highest BCUT2D eigenvalue weighted by molar-refractivity contribution is 14.1. The van der Waals surface area contributed by atoms with Gasteiger partial charge in [0.05, 0.1) is 17.3 Å². The van der Waals surface area contributed by atoms with Crippen molar-refractivity contribution in [2.75, 3.05) is 11.5 Å². The number of esters is 1. The summed E-state index contributed by atoms with van der Waals surface area (Å²) < 4.78 is 6.11. The van der Waals surface area contributed by atoms with Gasteiger partial charge in [-0.25, -0.2) is 9.78 Å². The van der Waals surface area contributed by atoms with E-state index >= 15 is 0 Å². The second-order valence-electron chi connectivity index (χ2n) is 8.34. The SMILES string of the molecule is C=CCOC(=O)c1sc(N2C(=O)C(=O)/C(=C(/O)c3cc(C)ccc3C)C2c2ccc(I)cc2)nc1C. The van der Waals surface area contributed by atoms with Gasteiger partial charge in [-0.05, 0) is 72.7 Å². The predicted octanol–water partition coefficient (Wildman–Crippen LogP) is 5.64. The molecule has 1 atom stereocenters. The monoisotopic (exact) mass is 614 g/mol. The van der Waals surface area contributed by atoms with E-state index in [0.29, 0.717) is 16.8 Å². The predicted molar refractivity (Wildman–Crippen MR) is 147 cm³/mol. The molecule has 2 aromatic carbocycles. The third kappa shape index (κ3) is 4.72. The summed E-state index contributed by atoms with van der Waals surface area (Å²) >= 11 is 3.13. The smallest absolute Gasteiger partial charge is 0.350 e. The molecular weight excluding hydrogens is 591 g/mol. The molecular formula is C27H23IN2O5S. The Balaban J connectivity index is 1.91. The van der Waals surface area contributed by atoms with Gasteiger partial charge in [-0.2, -0.15) is 0 Å². The van der Waals surface area contributed by atoms with E-state index in [0.717, 1.165) is 26.0 Å². The number of aliphatic hydroxyl groups is 1. The molecule has 9 heteroatoms. The summed E-state index contributed by atoms with van der Waals surface area (Å²) in [4.78, 5) is 45.2. The van der Waals surface area contributed by atoms with Crippen molar-refractivity contribution in [3.05, 3.63) is 97.1 Å². The molecule has 184 valence electrons. The average molecular weight is 614 g/mol. The van der Waals surface area contributed by atoms with Crippen LogP contribution < -0.4 is 4.90 Å². The van der Waals surface area contributed by atoms with Gasteiger partial charge < -0.3 is 9.84 Å². The number of amides is 1. The normalized spacial score (nSPS) is 16.9. The number of aryl methyl sites for hydroxylation is 3. The van der Waals surface area contributed by atoms with Crippen molar-refractivity contribution in [3.8, 4) is 0 Å². The van der Waals surface area contributed by atoms with Gasteiger partial charge in [-0.15, -0.1) is 0 Å². The van der Waals surface area contributed by atoms with Crippen LogP contribution in [0.3, 0.4) is 0 Å². The summed E-state index contributed by atoms with van der Waals surface area (Å²) in [7, 11) is 0. The number of Topliss-reactive ketones (excluding diaryl/α,β-unsaturated/α-hetero) is 1. The highest BCUT2D eigenvalue weighted by Crippen LogP contribution is 2.44. The number of nitrogens with zero attached hydrogens (tertiary/aromatic N) is 2. The van der Waals surface area contributed by atoms with Crippen LogP contribution in [0.25, 0.3) is 5.76 Å². The molecule has 0 bridgehead atoms. The number of halogens is 1. The molecule has 1 N–H and O–H groups in total. The summed E-state index contributed by atoms with van der Waals surface area (Å²) in [6, 6.07) is 12.0. The largest absolute Gasteiger partial charge is 0.507 e. The molecule has 0 saturated carbocycles. The van der Waals surface area contributed by atoms with Crippen LogP contribution in [0, 0.1) is 24.3 Å². The molecule has 3 aromatic rings. The van der Waals surface area contributed by atoms with E-state index in [1.165, 1.54) is 11.0 Å². The summed E-state index contributed by atoms with van der Waals surface area (Å²) in [5, 5.41) is 11.6. The maximum atomic E-state index is 13.4. The molecule has 4 rings (SSSR count). The van der Waals surface area contributed by atoms with E-state index in [1.54, 1.807) is 25.1 Å². The van der Waals surface area contributed by atoms with Crippen LogP contribution in [0.5, 0.6) is 0 Å². The van der Waals surface area contributed by atoms with Crippen LogP contribution >= 0.6 is 33.9 Å². The Kier molecular flexibility index (Phi) is 7.41. The summed E-state index contributed by atoms with van der Waals surface area (Å²) in [5.74, 6) is -2.49. The average Bonchev–Trinajstić information content (AvgIpc) is 3.36. The number of aromatic nitrogens is 1. The third-order valence-corrected chi connectivity index (χ3v) is 7.64. The van der Waals surface area contributed by atoms with Gasteiger partial charge in [0, 0.05) is 9.13 Å². The Labute approximate surface area is 226 Å². The zero-order valence-corrected chi connectivity index (χ0v) is 22.8. The number of aliphatic hydroxyl groups excluding tert-OH is 1. The van der Waals surface area contributed by atoms with Gasteiger partial charge in [0.1, 0.15) is 17.2 Å². The van der Waals surface area contributed by atoms with Gasteiger partial charge >= 0.3 is 11.9 Å². The fourth-order valence-corrected chi connectivity index (χ4v) is 5.35. The fourth-order valence-electron chi connectivity index (χ4n) is 4.00. The molecule has 0 radical (unpaired) electrons. The van der Waals surface area contributed by atoms with Gasteiger partial charge in [0.25, 0.3) is 5.78 Å². The topological polar surface area (TPSA) is 96.8 Å². The van der Waals surface area contributed by atoms with Crippen LogP contribution in [0.4, 0.5) is 5.13 Å². The lowest BCUT2D eigenvalue weighted by Crippen LogP contribution is -2.29. The molecule has 1 unspecified atom stereocenters. The first-order chi connectivity index (χ1) is 17.1. The minimum atomic E-state index is -0.926. The van der Waals surface area contributed by atoms with E-state index in [4.69, 9.17) is 4.74 Å². The Morgan fingerprint density at radius 2 is 1.89 bits per heavy atom. The Hall–Kier alpha value is -3.31. The number of ketones is 1. The lowest BCUT2D eigenvalue weighted by atomic mass is 9.93. The van der Waals surface area contributed by atoms with E-state index in [9.17, 15) is 19.5 Å². The van der Waals surface area contributed by atoms with Crippen molar-refractivity contribution in [2.24, 2.45) is 0 Å². The molecule has 1 saturated heterocycles. The Morgan fingerprint density at radius 1 is 1.19 bits per heavy atom. The van der Waals surface area contributed by atoms with Crippen molar-refractivity contribution in [2.45, 2.75) is 26.8 Å². The first-order valence-corrected chi connectivity index (χ1v) is 12.9. The first kappa shape index (κ1) is 25.8. The van der Waals surface area contributed by atoms with Crippen molar-refractivity contribution in [1.82, 2.24) is 4.98 Å². The summed E-state index contributed by atoms with van der Waals surface area (Å²) in [6.45, 7) is 8.92. The molecule has 1 aliphatic rings. The molecule has 7 nitrogen and oxygen atoms in total. The maximum Gasteiger partial charge on any atom is 0.350 e. The minimum absolute atomic E-state index is 0.0291. The van der Waals surface area contributed by atoms with Gasteiger partial charge in [-0.1, -0.05) is 53.8 Å². The lowest BCUT2D eigenvalue weighted by Gasteiger charge is -2.23. The number of benzene rings is 2. The molecule has 1 aromatic heterocycles. The number of carbonyl (C=O) groups is 3. The number of hydrogen-bond acceptors (Lipinski definition) is 7. The van der Waals surface area contributed by atoms with Crippen LogP contribution in [0.1, 0.15) is 43.7 Å². The van der Waals surface area contributed by atoms with Gasteiger partial charge in [0.2, 0.25) is 0 Å². The number of carbonyl (C=O) groups excluding carboxylic acids is 3. The highest BCUT2D eigenvalue weighted by Gasteiger charge is 2.48. The fraction of sp³-hybridized carbons (Fsp3) is 0.185. The lowest BCUT2D eigenvalue weighted by molar-refractivity contribution is -0.132. The van der Waals surface area contributed by atoms with Crippen molar-refractivity contribution in [1.29, 1.82) is 0 Å². The maximum absolute atomic E-state index is 13.4. The second kappa shape index (κ2) is 10.4. The summed E-state index contributed by atoms with van der Waals surface area (Å²) in [6.07, 6.45) is 1.46. The number of hydrogen-bond donors (Lipinski definition) is 1. The molecule has 0 spiro atoms. The van der Waals surface area contributed by atoms with Crippen LogP contribution in [-0.2, 0) is 14.3 Å². The number of anilines is 1. The van der Waals surface area contributed by atoms with E-state index in [1.807, 2.05) is 38.1 Å². The Bertz CT molecular complexity index is 1420. The zero-order chi connectivity index (χ0) is 26.1. The van der Waals surface area contributed by atoms with E-state index < -0.39 is 23.7 Å². The third-order valence-electron chi connectivity index (χ3n) is 5.79. The molecule has 1 fully saturated rings. The number of rotatable bonds is 6. The highest BCUT2D eigenvalue weighted by atomic mass is 127. The molecule has 1 aliphatic heterocycles. The Morgan fingerprint density at radius 3 is 2.56 bits per heavy atom. The molecule has 1 amide bonds. The van der Waals surface area contributed by atoms with Crippen molar-refractivity contribution in [3.63, 3.8) is 0 Å². The van der Waals surface area contributed by atoms with Crippen molar-refractivity contribution >= 4 is 62.5 Å². The second-order valence-corrected chi connectivity index (χ2v) is 10.6. The van der Waals surface area contributed by atoms with Gasteiger partial charge in [-0.3, -0.25) is 14.5 Å². The van der Waals surface area contributed by atoms with Crippen molar-refractivity contribution < 1.29 is 24.2 Å². The van der Waals surface area contributed by atoms with Crippen LogP contribution in [0.2, 0.25) is 0 Å². The standard InChI is InChI=1S/C27H23IN2O5S/c1-5-12-35-26(34)24-16(4)29-27(36-24)30-21(17-8-10-18(28)11-9-17)20(23(32)25(30)33)22(31)19-13-14(2)6-7-15(19)3/h5-11,13,21,31H,1,12H2,2-4H3/b22-20+. The van der Waals surface area contributed by atoms with Crippen LogP contribution in [0.15, 0.2) is 60.7 Å².